The van der Waals surface area contributed by atoms with Gasteiger partial charge >= 0.3 is 5.97 Å². The lowest BCUT2D eigenvalue weighted by atomic mass is 10.1. The number of fused-ring (bicyclic) bond motifs is 1. The first-order valence-electron chi connectivity index (χ1n) is 10.3. The van der Waals surface area contributed by atoms with Gasteiger partial charge < -0.3 is 14.4 Å². The predicted octanol–water partition coefficient (Wildman–Crippen LogP) is 3.74. The molecule has 4 rings (SSSR count). The Bertz CT molecular complexity index is 1010. The van der Waals surface area contributed by atoms with Crippen molar-refractivity contribution >= 4 is 22.6 Å². The predicted molar refractivity (Wildman–Crippen MR) is 118 cm³/mol. The molecule has 6 heteroatoms. The van der Waals surface area contributed by atoms with Gasteiger partial charge in [0, 0.05) is 44.3 Å². The van der Waals surface area contributed by atoms with Gasteiger partial charge in [0.15, 0.2) is 0 Å². The molecule has 2 aromatic carbocycles. The minimum Gasteiger partial charge on any atom is -0.494 e. The van der Waals surface area contributed by atoms with Crippen LogP contribution in [-0.4, -0.2) is 55.7 Å². The second kappa shape index (κ2) is 9.13. The molecule has 0 amide bonds. The van der Waals surface area contributed by atoms with Gasteiger partial charge in [-0.05, 0) is 18.6 Å². The molecule has 0 spiro atoms. The van der Waals surface area contributed by atoms with Crippen molar-refractivity contribution in [3.05, 3.63) is 65.9 Å². The van der Waals surface area contributed by atoms with Crippen molar-refractivity contribution in [2.45, 2.75) is 13.5 Å². The number of piperazine rings is 1. The number of nitrogens with zero attached hydrogens (tertiary/aromatic N) is 3. The molecule has 0 N–H and O–H groups in total. The Balaban J connectivity index is 1.63. The Hall–Kier alpha value is -3.12. The van der Waals surface area contributed by atoms with Crippen molar-refractivity contribution < 1.29 is 14.3 Å². The Labute approximate surface area is 177 Å². The lowest BCUT2D eigenvalue weighted by molar-refractivity contribution is 0.0526. The number of para-hydroxylation sites is 1. The van der Waals surface area contributed by atoms with Gasteiger partial charge in [0.2, 0.25) is 0 Å². The number of anilines is 1. The number of carbonyl (C=O) groups is 1. The lowest BCUT2D eigenvalue weighted by Gasteiger charge is -2.37. The minimum atomic E-state index is -0.337. The van der Waals surface area contributed by atoms with E-state index in [0.717, 1.165) is 49.3 Å². The van der Waals surface area contributed by atoms with Crippen LogP contribution in [0.1, 0.15) is 22.8 Å². The number of esters is 1. The minimum absolute atomic E-state index is 0.333. The SMILES string of the molecule is CCOC(=O)c1cnc2c(OC)cccc2c1N1CCN(Cc2ccccc2)CC1. The highest BCUT2D eigenvalue weighted by atomic mass is 16.5. The van der Waals surface area contributed by atoms with E-state index in [0.29, 0.717) is 17.9 Å². The molecular weight excluding hydrogens is 378 g/mol. The van der Waals surface area contributed by atoms with E-state index in [4.69, 9.17) is 9.47 Å². The molecule has 0 bridgehead atoms. The van der Waals surface area contributed by atoms with Crippen molar-refractivity contribution in [1.82, 2.24) is 9.88 Å². The van der Waals surface area contributed by atoms with Crippen LogP contribution in [0.4, 0.5) is 5.69 Å². The number of ether oxygens (including phenoxy) is 2. The van der Waals surface area contributed by atoms with E-state index in [-0.39, 0.29) is 5.97 Å². The largest absolute Gasteiger partial charge is 0.494 e. The van der Waals surface area contributed by atoms with Crippen LogP contribution < -0.4 is 9.64 Å². The van der Waals surface area contributed by atoms with Gasteiger partial charge in [-0.1, -0.05) is 42.5 Å². The topological polar surface area (TPSA) is 54.9 Å². The highest BCUT2D eigenvalue weighted by Gasteiger charge is 2.25. The van der Waals surface area contributed by atoms with Gasteiger partial charge in [-0.2, -0.15) is 0 Å². The standard InChI is InChI=1S/C24H27N3O3/c1-3-30-24(28)20-16-25-22-19(10-7-11-21(22)29-2)23(20)27-14-12-26(13-15-27)17-18-8-5-4-6-9-18/h4-11,16H,3,12-15,17H2,1-2H3. The summed E-state index contributed by atoms with van der Waals surface area (Å²) in [4.78, 5) is 21.9. The summed E-state index contributed by atoms with van der Waals surface area (Å²) in [7, 11) is 1.64. The number of pyridine rings is 1. The summed E-state index contributed by atoms with van der Waals surface area (Å²) in [5.74, 6) is 0.364. The fourth-order valence-electron chi connectivity index (χ4n) is 4.02. The number of hydrogen-bond acceptors (Lipinski definition) is 6. The first-order chi connectivity index (χ1) is 14.7. The molecule has 6 nitrogen and oxygen atoms in total. The first-order valence-corrected chi connectivity index (χ1v) is 10.3. The number of hydrogen-bond donors (Lipinski definition) is 0. The Morgan fingerprint density at radius 3 is 2.50 bits per heavy atom. The van der Waals surface area contributed by atoms with Crippen molar-refractivity contribution in [2.75, 3.05) is 44.8 Å². The highest BCUT2D eigenvalue weighted by Crippen LogP contribution is 2.35. The summed E-state index contributed by atoms with van der Waals surface area (Å²) in [6, 6.07) is 16.3. The van der Waals surface area contributed by atoms with Gasteiger partial charge in [-0.3, -0.25) is 9.88 Å². The van der Waals surface area contributed by atoms with Gasteiger partial charge in [0.05, 0.1) is 19.4 Å². The monoisotopic (exact) mass is 405 g/mol. The summed E-state index contributed by atoms with van der Waals surface area (Å²) < 4.78 is 10.8. The molecule has 0 atom stereocenters. The number of benzene rings is 2. The molecule has 1 aliphatic rings. The van der Waals surface area contributed by atoms with Crippen LogP contribution in [0.5, 0.6) is 5.75 Å². The number of rotatable bonds is 6. The van der Waals surface area contributed by atoms with Gasteiger partial charge in [0.25, 0.3) is 0 Å². The van der Waals surface area contributed by atoms with Crippen LogP contribution in [0.25, 0.3) is 10.9 Å². The fourth-order valence-corrected chi connectivity index (χ4v) is 4.02. The van der Waals surface area contributed by atoms with Crippen molar-refractivity contribution in [3.8, 4) is 5.75 Å². The quantitative estimate of drug-likeness (QED) is 0.583. The maximum absolute atomic E-state index is 12.7. The third-order valence-corrected chi connectivity index (χ3v) is 5.48. The normalized spacial score (nSPS) is 14.7. The zero-order chi connectivity index (χ0) is 20.9. The maximum Gasteiger partial charge on any atom is 0.341 e. The second-order valence-corrected chi connectivity index (χ2v) is 7.35. The lowest BCUT2D eigenvalue weighted by Crippen LogP contribution is -2.46. The van der Waals surface area contributed by atoms with Crippen molar-refractivity contribution in [2.24, 2.45) is 0 Å². The molecule has 1 aromatic heterocycles. The molecule has 0 unspecified atom stereocenters. The van der Waals surface area contributed by atoms with E-state index in [2.05, 4.69) is 39.0 Å². The number of aromatic nitrogens is 1. The highest BCUT2D eigenvalue weighted by molar-refractivity contribution is 6.06. The third-order valence-electron chi connectivity index (χ3n) is 5.48. The van der Waals surface area contributed by atoms with Crippen LogP contribution in [0.3, 0.4) is 0 Å². The summed E-state index contributed by atoms with van der Waals surface area (Å²) in [6.07, 6.45) is 1.62. The van der Waals surface area contributed by atoms with Gasteiger partial charge in [0.1, 0.15) is 16.8 Å². The number of carbonyl (C=O) groups excluding carboxylic acids is 1. The molecule has 0 radical (unpaired) electrons. The van der Waals surface area contributed by atoms with E-state index in [1.54, 1.807) is 13.3 Å². The molecule has 1 fully saturated rings. The second-order valence-electron chi connectivity index (χ2n) is 7.35. The van der Waals surface area contributed by atoms with Crippen LogP contribution >= 0.6 is 0 Å². The van der Waals surface area contributed by atoms with E-state index >= 15 is 0 Å². The van der Waals surface area contributed by atoms with E-state index in [1.807, 2.05) is 31.2 Å². The third kappa shape index (κ3) is 4.09. The first kappa shape index (κ1) is 20.2. The Morgan fingerprint density at radius 2 is 1.80 bits per heavy atom. The average molecular weight is 405 g/mol. The van der Waals surface area contributed by atoms with Crippen LogP contribution in [-0.2, 0) is 11.3 Å². The van der Waals surface area contributed by atoms with E-state index < -0.39 is 0 Å². The molecule has 3 aromatic rings. The Morgan fingerprint density at radius 1 is 1.03 bits per heavy atom. The van der Waals surface area contributed by atoms with Gasteiger partial charge in [-0.15, -0.1) is 0 Å². The molecule has 156 valence electrons. The van der Waals surface area contributed by atoms with Gasteiger partial charge in [-0.25, -0.2) is 4.79 Å². The Kier molecular flexibility index (Phi) is 6.14. The smallest absolute Gasteiger partial charge is 0.341 e. The molecule has 1 saturated heterocycles. The molecule has 30 heavy (non-hydrogen) atoms. The summed E-state index contributed by atoms with van der Waals surface area (Å²) in [5, 5.41) is 0.913. The molecular formula is C24H27N3O3. The van der Waals surface area contributed by atoms with Crippen LogP contribution in [0, 0.1) is 0 Å². The maximum atomic E-state index is 12.7. The van der Waals surface area contributed by atoms with Crippen LogP contribution in [0.2, 0.25) is 0 Å². The molecule has 0 aliphatic carbocycles. The molecule has 1 aliphatic heterocycles. The molecule has 2 heterocycles. The average Bonchev–Trinajstić information content (AvgIpc) is 2.79. The molecule has 0 saturated carbocycles. The summed E-state index contributed by atoms with van der Waals surface area (Å²) in [5.41, 5.74) is 3.47. The van der Waals surface area contributed by atoms with E-state index in [1.165, 1.54) is 5.56 Å². The number of methoxy groups -OCH3 is 1. The van der Waals surface area contributed by atoms with Crippen molar-refractivity contribution in [3.63, 3.8) is 0 Å². The zero-order valence-corrected chi connectivity index (χ0v) is 17.5. The summed E-state index contributed by atoms with van der Waals surface area (Å²) in [6.45, 7) is 6.59. The van der Waals surface area contributed by atoms with Crippen molar-refractivity contribution in [1.29, 1.82) is 0 Å². The summed E-state index contributed by atoms with van der Waals surface area (Å²) >= 11 is 0. The fraction of sp³-hybridized carbons (Fsp3) is 0.333. The van der Waals surface area contributed by atoms with Crippen LogP contribution in [0.15, 0.2) is 54.7 Å². The van der Waals surface area contributed by atoms with E-state index in [9.17, 15) is 4.79 Å². The zero-order valence-electron chi connectivity index (χ0n) is 17.5.